The summed E-state index contributed by atoms with van der Waals surface area (Å²) in [4.78, 5) is 12.7. The lowest BCUT2D eigenvalue weighted by Crippen LogP contribution is -2.46. The van der Waals surface area contributed by atoms with E-state index in [0.717, 1.165) is 32.1 Å². The normalized spacial score (nSPS) is 29.7. The Labute approximate surface area is 152 Å². The molecule has 0 spiro atoms. The monoisotopic (exact) mass is 350 g/mol. The van der Waals surface area contributed by atoms with E-state index in [2.05, 4.69) is 35.6 Å². The van der Waals surface area contributed by atoms with Crippen LogP contribution in [0.4, 0.5) is 0 Å². The summed E-state index contributed by atoms with van der Waals surface area (Å²) < 4.78 is 0. The van der Waals surface area contributed by atoms with Crippen molar-refractivity contribution in [1.82, 2.24) is 5.32 Å². The smallest absolute Gasteiger partial charge is 0.223 e. The van der Waals surface area contributed by atoms with Crippen molar-refractivity contribution in [2.24, 2.45) is 23.5 Å². The third kappa shape index (κ3) is 4.73. The van der Waals surface area contributed by atoms with Gasteiger partial charge in [-0.15, -0.1) is 12.4 Å². The van der Waals surface area contributed by atoms with Crippen molar-refractivity contribution in [2.45, 2.75) is 57.4 Å². The predicted octanol–water partition coefficient (Wildman–Crippen LogP) is 3.70. The topological polar surface area (TPSA) is 55.1 Å². The fourth-order valence-electron chi connectivity index (χ4n) is 4.51. The van der Waals surface area contributed by atoms with Gasteiger partial charge in [-0.3, -0.25) is 4.79 Å². The van der Waals surface area contributed by atoms with Crippen molar-refractivity contribution in [1.29, 1.82) is 0 Å². The first-order valence-electron chi connectivity index (χ1n) is 9.32. The second-order valence-electron chi connectivity index (χ2n) is 7.38. The molecule has 134 valence electrons. The summed E-state index contributed by atoms with van der Waals surface area (Å²) in [5.74, 6) is 1.39. The van der Waals surface area contributed by atoms with Crippen LogP contribution in [-0.2, 0) is 11.2 Å². The average Bonchev–Trinajstić information content (AvgIpc) is 3.06. The molecule has 1 amide bonds. The van der Waals surface area contributed by atoms with Gasteiger partial charge in [0.05, 0.1) is 0 Å². The van der Waals surface area contributed by atoms with Gasteiger partial charge in [-0.2, -0.15) is 0 Å². The third-order valence-electron chi connectivity index (χ3n) is 5.88. The molecule has 2 aliphatic carbocycles. The van der Waals surface area contributed by atoms with Crippen LogP contribution in [0.25, 0.3) is 0 Å². The van der Waals surface area contributed by atoms with Gasteiger partial charge in [-0.25, -0.2) is 0 Å². The zero-order valence-corrected chi connectivity index (χ0v) is 15.3. The van der Waals surface area contributed by atoms with Crippen LogP contribution in [0.2, 0.25) is 0 Å². The summed E-state index contributed by atoms with van der Waals surface area (Å²) in [5.41, 5.74) is 7.23. The van der Waals surface area contributed by atoms with Crippen LogP contribution < -0.4 is 11.1 Å². The number of rotatable bonds is 5. The molecule has 2 unspecified atom stereocenters. The largest absolute Gasteiger partial charge is 0.353 e. The standard InChI is InChI=1S/C20H30N2O.ClH/c21-14-17-10-6-11-18(17)20(23)22-19-12-5-4-9-16(19)13-15-7-2-1-3-8-15;/h1-3,7-8,16-19H,4-6,9-14,21H2,(H,22,23);1H/t16?,17-,18-,19?;/m1./s1. The lowest BCUT2D eigenvalue weighted by atomic mass is 9.80. The quantitative estimate of drug-likeness (QED) is 0.850. The Morgan fingerprint density at radius 1 is 1.00 bits per heavy atom. The van der Waals surface area contributed by atoms with E-state index >= 15 is 0 Å². The zero-order chi connectivity index (χ0) is 16.1. The second-order valence-corrected chi connectivity index (χ2v) is 7.38. The fourth-order valence-corrected chi connectivity index (χ4v) is 4.51. The van der Waals surface area contributed by atoms with Gasteiger partial charge in [0.1, 0.15) is 0 Å². The first kappa shape index (κ1) is 19.3. The van der Waals surface area contributed by atoms with Gasteiger partial charge in [0, 0.05) is 12.0 Å². The van der Waals surface area contributed by atoms with E-state index in [4.69, 9.17) is 5.73 Å². The molecule has 3 N–H and O–H groups in total. The summed E-state index contributed by atoms with van der Waals surface area (Å²) >= 11 is 0. The minimum Gasteiger partial charge on any atom is -0.353 e. The minimum absolute atomic E-state index is 0. The van der Waals surface area contributed by atoms with E-state index in [1.54, 1.807) is 0 Å². The number of hydrogen-bond acceptors (Lipinski definition) is 2. The van der Waals surface area contributed by atoms with Crippen LogP contribution >= 0.6 is 12.4 Å². The number of carbonyl (C=O) groups is 1. The molecule has 1 aromatic carbocycles. The van der Waals surface area contributed by atoms with Crippen LogP contribution in [0.5, 0.6) is 0 Å². The van der Waals surface area contributed by atoms with Crippen molar-refractivity contribution < 1.29 is 4.79 Å². The molecule has 1 aromatic rings. The Morgan fingerprint density at radius 3 is 2.46 bits per heavy atom. The fraction of sp³-hybridized carbons (Fsp3) is 0.650. The summed E-state index contributed by atoms with van der Waals surface area (Å²) in [6.07, 6.45) is 9.25. The number of nitrogens with two attached hydrogens (primary N) is 1. The number of carbonyl (C=O) groups excluding carboxylic acids is 1. The highest BCUT2D eigenvalue weighted by Gasteiger charge is 2.34. The molecule has 2 fully saturated rings. The van der Waals surface area contributed by atoms with Crippen molar-refractivity contribution in [3.8, 4) is 0 Å². The molecule has 0 aliphatic heterocycles. The first-order valence-corrected chi connectivity index (χ1v) is 9.32. The van der Waals surface area contributed by atoms with E-state index < -0.39 is 0 Å². The number of benzene rings is 1. The van der Waals surface area contributed by atoms with Crippen LogP contribution in [0.3, 0.4) is 0 Å². The minimum atomic E-state index is 0. The van der Waals surface area contributed by atoms with Crippen LogP contribution in [0, 0.1) is 17.8 Å². The molecule has 0 bridgehead atoms. The summed E-state index contributed by atoms with van der Waals surface area (Å²) in [6, 6.07) is 11.0. The van der Waals surface area contributed by atoms with Gasteiger partial charge in [-0.05, 0) is 56.0 Å². The highest BCUT2D eigenvalue weighted by atomic mass is 35.5. The maximum absolute atomic E-state index is 12.7. The Bertz CT molecular complexity index is 508. The van der Waals surface area contributed by atoms with E-state index in [9.17, 15) is 4.79 Å². The maximum Gasteiger partial charge on any atom is 0.223 e. The molecule has 3 rings (SSSR count). The highest BCUT2D eigenvalue weighted by Crippen LogP contribution is 2.33. The molecule has 4 atom stereocenters. The molecule has 0 radical (unpaired) electrons. The lowest BCUT2D eigenvalue weighted by Gasteiger charge is -2.33. The zero-order valence-electron chi connectivity index (χ0n) is 14.5. The van der Waals surface area contributed by atoms with Gasteiger partial charge in [0.25, 0.3) is 0 Å². The van der Waals surface area contributed by atoms with Gasteiger partial charge in [-0.1, -0.05) is 49.6 Å². The highest BCUT2D eigenvalue weighted by molar-refractivity contribution is 5.85. The van der Waals surface area contributed by atoms with Crippen LogP contribution in [-0.4, -0.2) is 18.5 Å². The number of amides is 1. The molecule has 4 heteroatoms. The Morgan fingerprint density at radius 2 is 1.71 bits per heavy atom. The number of hydrogen-bond donors (Lipinski definition) is 2. The van der Waals surface area contributed by atoms with Crippen molar-refractivity contribution in [3.05, 3.63) is 35.9 Å². The van der Waals surface area contributed by atoms with E-state index in [-0.39, 0.29) is 24.2 Å². The molecule has 0 heterocycles. The van der Waals surface area contributed by atoms with Gasteiger partial charge >= 0.3 is 0 Å². The van der Waals surface area contributed by atoms with E-state index in [1.807, 2.05) is 0 Å². The molecule has 0 aromatic heterocycles. The molecule has 2 aliphatic rings. The molecular formula is C20H31ClN2O. The third-order valence-corrected chi connectivity index (χ3v) is 5.88. The van der Waals surface area contributed by atoms with E-state index in [0.29, 0.717) is 24.4 Å². The first-order chi connectivity index (χ1) is 11.3. The molecule has 3 nitrogen and oxygen atoms in total. The lowest BCUT2D eigenvalue weighted by molar-refractivity contribution is -0.127. The van der Waals surface area contributed by atoms with Crippen molar-refractivity contribution >= 4 is 18.3 Å². The summed E-state index contributed by atoms with van der Waals surface area (Å²) in [7, 11) is 0. The molecule has 24 heavy (non-hydrogen) atoms. The van der Waals surface area contributed by atoms with Crippen LogP contribution in [0.15, 0.2) is 30.3 Å². The molecule has 0 saturated heterocycles. The Hall–Kier alpha value is -1.06. The summed E-state index contributed by atoms with van der Waals surface area (Å²) in [6.45, 7) is 0.649. The van der Waals surface area contributed by atoms with Gasteiger partial charge in [0.2, 0.25) is 5.91 Å². The molecule has 2 saturated carbocycles. The van der Waals surface area contributed by atoms with Crippen molar-refractivity contribution in [3.63, 3.8) is 0 Å². The average molecular weight is 351 g/mol. The SMILES string of the molecule is Cl.NC[C@H]1CCC[C@H]1C(=O)NC1CCCCC1Cc1ccccc1. The Balaban J connectivity index is 0.00000208. The van der Waals surface area contributed by atoms with Crippen LogP contribution in [0.1, 0.15) is 50.5 Å². The Kier molecular flexibility index (Phi) is 7.57. The number of nitrogens with one attached hydrogen (secondary N) is 1. The maximum atomic E-state index is 12.7. The van der Waals surface area contributed by atoms with Gasteiger partial charge in [0.15, 0.2) is 0 Å². The van der Waals surface area contributed by atoms with E-state index in [1.165, 1.54) is 24.8 Å². The summed E-state index contributed by atoms with van der Waals surface area (Å²) in [5, 5.41) is 3.40. The second kappa shape index (κ2) is 9.43. The van der Waals surface area contributed by atoms with Gasteiger partial charge < -0.3 is 11.1 Å². The van der Waals surface area contributed by atoms with Crippen molar-refractivity contribution in [2.75, 3.05) is 6.54 Å². The number of halogens is 1. The molecular weight excluding hydrogens is 320 g/mol. The predicted molar refractivity (Wildman–Crippen MR) is 101 cm³/mol.